The van der Waals surface area contributed by atoms with Crippen LogP contribution in [-0.4, -0.2) is 42.4 Å². The Bertz CT molecular complexity index is 622. The van der Waals surface area contributed by atoms with Gasteiger partial charge in [0.05, 0.1) is 16.6 Å². The van der Waals surface area contributed by atoms with Gasteiger partial charge < -0.3 is 15.5 Å². The fraction of sp³-hybridized carbons (Fsp3) is 0.529. The van der Waals surface area contributed by atoms with Crippen molar-refractivity contribution >= 4 is 29.1 Å². The second-order valence-electron chi connectivity index (χ2n) is 6.40. The number of hydrogen-bond acceptors (Lipinski definition) is 3. The van der Waals surface area contributed by atoms with Crippen LogP contribution in [0.2, 0.25) is 5.02 Å². The molecule has 0 unspecified atom stereocenters. The quantitative estimate of drug-likeness (QED) is 0.919. The number of hydrogen-bond donors (Lipinski definition) is 1. The van der Waals surface area contributed by atoms with Gasteiger partial charge >= 0.3 is 0 Å². The van der Waals surface area contributed by atoms with E-state index in [9.17, 15) is 9.59 Å². The molecule has 23 heavy (non-hydrogen) atoms. The van der Waals surface area contributed by atoms with Gasteiger partial charge in [-0.1, -0.05) is 30.2 Å². The molecule has 3 rings (SSSR count). The topological polar surface area (TPSA) is 66.6 Å². The molecule has 3 atom stereocenters. The normalized spacial score (nSPS) is 27.5. The van der Waals surface area contributed by atoms with E-state index in [-0.39, 0.29) is 23.8 Å². The molecule has 5 nitrogen and oxygen atoms in total. The van der Waals surface area contributed by atoms with Crippen LogP contribution >= 0.6 is 11.6 Å². The largest absolute Gasteiger partial charge is 0.333 e. The van der Waals surface area contributed by atoms with Crippen LogP contribution in [0, 0.1) is 5.92 Å². The van der Waals surface area contributed by atoms with E-state index in [0.717, 1.165) is 19.3 Å². The highest BCUT2D eigenvalue weighted by molar-refractivity contribution is 6.34. The molecule has 0 aromatic heterocycles. The average molecular weight is 336 g/mol. The Morgan fingerprint density at radius 2 is 2.04 bits per heavy atom. The van der Waals surface area contributed by atoms with Crippen LogP contribution in [0.4, 0.5) is 5.69 Å². The van der Waals surface area contributed by atoms with E-state index in [4.69, 9.17) is 17.3 Å². The summed E-state index contributed by atoms with van der Waals surface area (Å²) in [7, 11) is 1.71. The number of halogens is 1. The molecule has 2 fully saturated rings. The lowest BCUT2D eigenvalue weighted by Crippen LogP contribution is -2.47. The third kappa shape index (κ3) is 2.95. The zero-order valence-corrected chi connectivity index (χ0v) is 14.0. The molecule has 1 aromatic carbocycles. The molecule has 1 heterocycles. The molecule has 2 amide bonds. The molecule has 0 spiro atoms. The number of nitrogens with zero attached hydrogens (tertiary/aromatic N) is 2. The predicted molar refractivity (Wildman–Crippen MR) is 90.3 cm³/mol. The number of para-hydroxylation sites is 1. The summed E-state index contributed by atoms with van der Waals surface area (Å²) in [5.74, 6) is -0.225. The van der Waals surface area contributed by atoms with Gasteiger partial charge in [-0.15, -0.1) is 0 Å². The van der Waals surface area contributed by atoms with Gasteiger partial charge in [0.15, 0.2) is 0 Å². The minimum Gasteiger partial charge on any atom is -0.333 e. The third-order valence-corrected chi connectivity index (χ3v) is 5.34. The first kappa shape index (κ1) is 16.3. The van der Waals surface area contributed by atoms with E-state index in [1.54, 1.807) is 22.9 Å². The van der Waals surface area contributed by atoms with Gasteiger partial charge in [0.2, 0.25) is 11.8 Å². The summed E-state index contributed by atoms with van der Waals surface area (Å²) in [6, 6.07) is 6.78. The van der Waals surface area contributed by atoms with E-state index >= 15 is 0 Å². The molecule has 1 aromatic rings. The minimum atomic E-state index is -0.424. The highest BCUT2D eigenvalue weighted by Gasteiger charge is 2.41. The predicted octanol–water partition coefficient (Wildman–Crippen LogP) is 2.03. The summed E-state index contributed by atoms with van der Waals surface area (Å²) in [6.07, 6.45) is 3.30. The molecule has 6 heteroatoms. The van der Waals surface area contributed by atoms with E-state index in [1.807, 2.05) is 18.2 Å². The van der Waals surface area contributed by atoms with Gasteiger partial charge in [0, 0.05) is 19.6 Å². The first-order valence-corrected chi connectivity index (χ1v) is 8.46. The molecule has 1 aliphatic heterocycles. The number of likely N-dealkylation sites (N-methyl/N-ethyl adjacent to an activating group) is 1. The van der Waals surface area contributed by atoms with Crippen molar-refractivity contribution < 1.29 is 9.59 Å². The molecular formula is C17H22ClN3O2. The number of anilines is 1. The molecule has 1 saturated carbocycles. The fourth-order valence-corrected chi connectivity index (χ4v) is 3.88. The van der Waals surface area contributed by atoms with Gasteiger partial charge in [0.1, 0.15) is 6.04 Å². The van der Waals surface area contributed by atoms with Crippen molar-refractivity contribution in [3.63, 3.8) is 0 Å². The Labute approximate surface area is 141 Å². The molecule has 1 aliphatic carbocycles. The number of amides is 2. The highest BCUT2D eigenvalue weighted by Crippen LogP contribution is 2.32. The summed E-state index contributed by atoms with van der Waals surface area (Å²) in [5, 5.41) is 0.549. The zero-order chi connectivity index (χ0) is 16.6. The second kappa shape index (κ2) is 6.49. The lowest BCUT2D eigenvalue weighted by atomic mass is 10.0. The first-order chi connectivity index (χ1) is 11.0. The zero-order valence-electron chi connectivity index (χ0n) is 13.2. The van der Waals surface area contributed by atoms with Gasteiger partial charge in [-0.3, -0.25) is 9.59 Å². The molecular weight excluding hydrogens is 314 g/mol. The number of benzene rings is 1. The van der Waals surface area contributed by atoms with Crippen LogP contribution in [0.3, 0.4) is 0 Å². The van der Waals surface area contributed by atoms with Crippen molar-refractivity contribution in [3.05, 3.63) is 29.3 Å². The van der Waals surface area contributed by atoms with Crippen molar-refractivity contribution in [2.45, 2.75) is 37.8 Å². The smallest absolute Gasteiger partial charge is 0.249 e. The van der Waals surface area contributed by atoms with Crippen LogP contribution in [0.25, 0.3) is 0 Å². The summed E-state index contributed by atoms with van der Waals surface area (Å²) in [5.41, 5.74) is 6.74. The van der Waals surface area contributed by atoms with Crippen LogP contribution in [0.1, 0.15) is 25.7 Å². The molecule has 0 bridgehead atoms. The average Bonchev–Trinajstić information content (AvgIpc) is 3.12. The maximum atomic E-state index is 12.7. The second-order valence-corrected chi connectivity index (χ2v) is 6.80. The standard InChI is InChI=1S/C17H22ClN3O2/c1-20(16(22)11-5-4-7-13(11)19)15-9-10-21(17(15)23)14-8-3-2-6-12(14)18/h2-3,6,8,11,13,15H,4-5,7,9-10,19H2,1H3/t11-,13+,15-/m1/s1. The lowest BCUT2D eigenvalue weighted by molar-refractivity contribution is -0.140. The summed E-state index contributed by atoms with van der Waals surface area (Å²) in [4.78, 5) is 28.7. The highest BCUT2D eigenvalue weighted by atomic mass is 35.5. The van der Waals surface area contributed by atoms with Gasteiger partial charge in [0.25, 0.3) is 0 Å². The summed E-state index contributed by atoms with van der Waals surface area (Å²) >= 11 is 6.19. The maximum Gasteiger partial charge on any atom is 0.249 e. The SMILES string of the molecule is CN(C(=O)[C@@H]1CCC[C@@H]1N)[C@@H]1CCN(c2ccccc2Cl)C1=O. The fourth-order valence-electron chi connectivity index (χ4n) is 3.64. The van der Waals surface area contributed by atoms with E-state index in [1.165, 1.54) is 0 Å². The number of nitrogens with two attached hydrogens (primary N) is 1. The number of rotatable bonds is 3. The van der Waals surface area contributed by atoms with E-state index < -0.39 is 6.04 Å². The van der Waals surface area contributed by atoms with Crippen molar-refractivity contribution in [1.29, 1.82) is 0 Å². The minimum absolute atomic E-state index is 0.00522. The molecule has 1 saturated heterocycles. The van der Waals surface area contributed by atoms with Crippen molar-refractivity contribution in [2.24, 2.45) is 11.7 Å². The number of carbonyl (C=O) groups excluding carboxylic acids is 2. The molecule has 0 radical (unpaired) electrons. The van der Waals surface area contributed by atoms with Crippen LogP contribution < -0.4 is 10.6 Å². The van der Waals surface area contributed by atoms with Gasteiger partial charge in [-0.05, 0) is 31.4 Å². The van der Waals surface area contributed by atoms with Crippen molar-refractivity contribution in [3.8, 4) is 0 Å². The van der Waals surface area contributed by atoms with Gasteiger partial charge in [-0.25, -0.2) is 0 Å². The molecule has 2 aliphatic rings. The Morgan fingerprint density at radius 1 is 1.30 bits per heavy atom. The Hall–Kier alpha value is -1.59. The maximum absolute atomic E-state index is 12.7. The monoisotopic (exact) mass is 335 g/mol. The number of carbonyl (C=O) groups is 2. The summed E-state index contributed by atoms with van der Waals surface area (Å²) < 4.78 is 0. The van der Waals surface area contributed by atoms with E-state index in [2.05, 4.69) is 0 Å². The molecule has 2 N–H and O–H groups in total. The van der Waals surface area contributed by atoms with Crippen molar-refractivity contribution in [2.75, 3.05) is 18.5 Å². The van der Waals surface area contributed by atoms with Crippen LogP contribution in [0.5, 0.6) is 0 Å². The Kier molecular flexibility index (Phi) is 4.60. The molecule has 124 valence electrons. The van der Waals surface area contributed by atoms with Crippen LogP contribution in [0.15, 0.2) is 24.3 Å². The Balaban J connectivity index is 1.74. The van der Waals surface area contributed by atoms with Gasteiger partial charge in [-0.2, -0.15) is 0 Å². The Morgan fingerprint density at radius 3 is 2.70 bits per heavy atom. The lowest BCUT2D eigenvalue weighted by Gasteiger charge is -2.28. The summed E-state index contributed by atoms with van der Waals surface area (Å²) in [6.45, 7) is 0.571. The first-order valence-electron chi connectivity index (χ1n) is 8.09. The van der Waals surface area contributed by atoms with E-state index in [0.29, 0.717) is 23.7 Å². The van der Waals surface area contributed by atoms with Crippen molar-refractivity contribution in [1.82, 2.24) is 4.90 Å². The third-order valence-electron chi connectivity index (χ3n) is 5.02. The van der Waals surface area contributed by atoms with Crippen LogP contribution in [-0.2, 0) is 9.59 Å².